The van der Waals surface area contributed by atoms with Crippen LogP contribution in [0.4, 0.5) is 0 Å². The Morgan fingerprint density at radius 2 is 1.93 bits per heavy atom. The molecule has 1 aliphatic rings. The molecule has 2 heterocycles. The van der Waals surface area contributed by atoms with Crippen molar-refractivity contribution < 1.29 is 0 Å². The van der Waals surface area contributed by atoms with Gasteiger partial charge < -0.3 is 10.3 Å². The molecule has 14 heavy (non-hydrogen) atoms. The van der Waals surface area contributed by atoms with Gasteiger partial charge in [-0.2, -0.15) is 0 Å². The Labute approximate surface area is 80.6 Å². The van der Waals surface area contributed by atoms with Gasteiger partial charge in [0.15, 0.2) is 0 Å². The van der Waals surface area contributed by atoms with E-state index < -0.39 is 5.69 Å². The Hall–Kier alpha value is -1.36. The lowest BCUT2D eigenvalue weighted by atomic mass is 9.92. The van der Waals surface area contributed by atoms with Crippen molar-refractivity contribution >= 4 is 0 Å². The minimum Gasteiger partial charge on any atom is -0.311 e. The predicted octanol–water partition coefficient (Wildman–Crippen LogP) is -0.512. The predicted molar refractivity (Wildman–Crippen MR) is 52.3 cm³/mol. The molecule has 0 saturated heterocycles. The van der Waals surface area contributed by atoms with Crippen molar-refractivity contribution in [3.63, 3.8) is 0 Å². The van der Waals surface area contributed by atoms with E-state index in [0.29, 0.717) is 18.5 Å². The van der Waals surface area contributed by atoms with Crippen LogP contribution in [0.3, 0.4) is 0 Å². The van der Waals surface area contributed by atoms with E-state index in [1.165, 1.54) is 0 Å². The van der Waals surface area contributed by atoms with Crippen LogP contribution < -0.4 is 16.6 Å². The molecule has 5 heteroatoms. The SMILES string of the molecule is CC1(C)Cc2[nH]c(=O)[nH]c(=O)c2CN1. The van der Waals surface area contributed by atoms with Gasteiger partial charge >= 0.3 is 5.69 Å². The lowest BCUT2D eigenvalue weighted by Crippen LogP contribution is -2.48. The molecule has 3 N–H and O–H groups in total. The summed E-state index contributed by atoms with van der Waals surface area (Å²) in [4.78, 5) is 27.3. The number of nitrogens with one attached hydrogen (secondary N) is 3. The number of hydrogen-bond acceptors (Lipinski definition) is 3. The molecule has 5 nitrogen and oxygen atoms in total. The summed E-state index contributed by atoms with van der Waals surface area (Å²) in [6.07, 6.45) is 0.668. The summed E-state index contributed by atoms with van der Waals surface area (Å²) < 4.78 is 0. The highest BCUT2D eigenvalue weighted by Gasteiger charge is 2.26. The average Bonchev–Trinajstić information content (AvgIpc) is 2.00. The third-order valence-electron chi connectivity index (χ3n) is 2.49. The maximum Gasteiger partial charge on any atom is 0.325 e. The van der Waals surface area contributed by atoms with Gasteiger partial charge in [0.1, 0.15) is 0 Å². The van der Waals surface area contributed by atoms with Crippen molar-refractivity contribution in [1.82, 2.24) is 15.3 Å². The van der Waals surface area contributed by atoms with Crippen molar-refractivity contribution in [2.45, 2.75) is 32.4 Å². The number of rotatable bonds is 0. The van der Waals surface area contributed by atoms with Crippen LogP contribution in [-0.2, 0) is 13.0 Å². The van der Waals surface area contributed by atoms with Crippen molar-refractivity contribution in [1.29, 1.82) is 0 Å². The average molecular weight is 195 g/mol. The first-order chi connectivity index (χ1) is 6.48. The Morgan fingerprint density at radius 1 is 1.21 bits per heavy atom. The van der Waals surface area contributed by atoms with Crippen LogP contribution in [0.1, 0.15) is 25.1 Å². The molecule has 0 unspecified atom stereocenters. The lowest BCUT2D eigenvalue weighted by molar-refractivity contribution is 0.354. The first-order valence-corrected chi connectivity index (χ1v) is 4.57. The molecule has 0 bridgehead atoms. The number of aromatic amines is 2. The van der Waals surface area contributed by atoms with Gasteiger partial charge in [-0.15, -0.1) is 0 Å². The second kappa shape index (κ2) is 2.81. The van der Waals surface area contributed by atoms with E-state index in [4.69, 9.17) is 0 Å². The van der Waals surface area contributed by atoms with Crippen LogP contribution >= 0.6 is 0 Å². The van der Waals surface area contributed by atoms with E-state index >= 15 is 0 Å². The van der Waals surface area contributed by atoms with E-state index in [9.17, 15) is 9.59 Å². The molecule has 0 fully saturated rings. The first kappa shape index (κ1) is 9.21. The van der Waals surface area contributed by atoms with Crippen LogP contribution in [0.25, 0.3) is 0 Å². The molecule has 0 aliphatic carbocycles. The number of aromatic nitrogens is 2. The monoisotopic (exact) mass is 195 g/mol. The molecule has 1 aromatic heterocycles. The Morgan fingerprint density at radius 3 is 2.64 bits per heavy atom. The van der Waals surface area contributed by atoms with Gasteiger partial charge in [0, 0.05) is 24.2 Å². The standard InChI is InChI=1S/C9H13N3O2/c1-9(2)3-6-5(4-10-9)7(13)12-8(14)11-6/h10H,3-4H2,1-2H3,(H2,11,12,13,14). The highest BCUT2D eigenvalue weighted by Crippen LogP contribution is 2.17. The topological polar surface area (TPSA) is 77.8 Å². The Balaban J connectivity index is 2.58. The fourth-order valence-electron chi connectivity index (χ4n) is 1.73. The number of fused-ring (bicyclic) bond motifs is 1. The van der Waals surface area contributed by atoms with Gasteiger partial charge in [-0.05, 0) is 13.8 Å². The van der Waals surface area contributed by atoms with Gasteiger partial charge in [0.2, 0.25) is 0 Å². The summed E-state index contributed by atoms with van der Waals surface area (Å²) in [5.74, 6) is 0. The van der Waals surface area contributed by atoms with Crippen LogP contribution in [0.2, 0.25) is 0 Å². The maximum atomic E-state index is 11.4. The minimum absolute atomic E-state index is 0.0657. The van der Waals surface area contributed by atoms with Gasteiger partial charge in [0.25, 0.3) is 5.56 Å². The smallest absolute Gasteiger partial charge is 0.311 e. The summed E-state index contributed by atoms with van der Waals surface area (Å²) in [6.45, 7) is 4.58. The minimum atomic E-state index is -0.425. The Bertz CT molecular complexity index is 470. The van der Waals surface area contributed by atoms with Gasteiger partial charge in [-0.25, -0.2) is 4.79 Å². The molecule has 76 valence electrons. The maximum absolute atomic E-state index is 11.4. The van der Waals surface area contributed by atoms with Gasteiger partial charge in [0.05, 0.1) is 5.56 Å². The van der Waals surface area contributed by atoms with Crippen LogP contribution in [0, 0.1) is 0 Å². The summed E-state index contributed by atoms with van der Waals surface area (Å²) >= 11 is 0. The zero-order valence-electron chi connectivity index (χ0n) is 8.23. The molecule has 0 aromatic carbocycles. The molecule has 0 spiro atoms. The highest BCUT2D eigenvalue weighted by molar-refractivity contribution is 5.21. The summed E-state index contributed by atoms with van der Waals surface area (Å²) in [7, 11) is 0. The van der Waals surface area contributed by atoms with Gasteiger partial charge in [-0.3, -0.25) is 9.78 Å². The summed E-state index contributed by atoms with van der Waals surface area (Å²) in [6, 6.07) is 0. The highest BCUT2D eigenvalue weighted by atomic mass is 16.2. The molecular weight excluding hydrogens is 182 g/mol. The molecule has 0 saturated carbocycles. The molecular formula is C9H13N3O2. The second-order valence-corrected chi connectivity index (χ2v) is 4.28. The second-order valence-electron chi connectivity index (χ2n) is 4.28. The van der Waals surface area contributed by atoms with E-state index in [2.05, 4.69) is 15.3 Å². The fourth-order valence-corrected chi connectivity index (χ4v) is 1.73. The van der Waals surface area contributed by atoms with Crippen molar-refractivity contribution in [2.75, 3.05) is 0 Å². The molecule has 2 rings (SSSR count). The van der Waals surface area contributed by atoms with Crippen LogP contribution in [-0.4, -0.2) is 15.5 Å². The van der Waals surface area contributed by atoms with Crippen molar-refractivity contribution in [3.05, 3.63) is 32.1 Å². The molecule has 1 aromatic rings. The summed E-state index contributed by atoms with van der Waals surface area (Å²) in [5, 5.41) is 3.23. The van der Waals surface area contributed by atoms with Gasteiger partial charge in [-0.1, -0.05) is 0 Å². The molecule has 0 atom stereocenters. The quantitative estimate of drug-likeness (QED) is 0.521. The van der Waals surface area contributed by atoms with Crippen LogP contribution in [0.5, 0.6) is 0 Å². The van der Waals surface area contributed by atoms with Crippen LogP contribution in [0.15, 0.2) is 9.59 Å². The first-order valence-electron chi connectivity index (χ1n) is 4.57. The lowest BCUT2D eigenvalue weighted by Gasteiger charge is -2.31. The zero-order valence-corrected chi connectivity index (χ0v) is 8.23. The number of H-pyrrole nitrogens is 2. The van der Waals surface area contributed by atoms with E-state index in [1.807, 2.05) is 13.8 Å². The zero-order chi connectivity index (χ0) is 10.3. The summed E-state index contributed by atoms with van der Waals surface area (Å²) in [5.41, 5.74) is 0.619. The third kappa shape index (κ3) is 1.50. The third-order valence-corrected chi connectivity index (χ3v) is 2.49. The molecule has 0 amide bonds. The van der Waals surface area contributed by atoms with E-state index in [1.54, 1.807) is 0 Å². The number of hydrogen-bond donors (Lipinski definition) is 3. The van der Waals surface area contributed by atoms with E-state index in [0.717, 1.165) is 5.69 Å². The van der Waals surface area contributed by atoms with Crippen molar-refractivity contribution in [3.8, 4) is 0 Å². The van der Waals surface area contributed by atoms with Crippen molar-refractivity contribution in [2.24, 2.45) is 0 Å². The normalized spacial score (nSPS) is 19.0. The largest absolute Gasteiger partial charge is 0.325 e. The Kier molecular flexibility index (Phi) is 1.85. The van der Waals surface area contributed by atoms with E-state index in [-0.39, 0.29) is 11.1 Å². The molecule has 1 aliphatic heterocycles. The fraction of sp³-hybridized carbons (Fsp3) is 0.556. The molecule has 0 radical (unpaired) electrons.